The second-order valence-electron chi connectivity index (χ2n) is 8.12. The van der Waals surface area contributed by atoms with E-state index in [0.29, 0.717) is 39.7 Å². The number of aliphatic imine (C=N–C) groups is 1. The molecule has 0 aromatic heterocycles. The molecule has 2 aromatic rings. The molecule has 1 aliphatic carbocycles. The zero-order valence-corrected chi connectivity index (χ0v) is 16.7. The van der Waals surface area contributed by atoms with Gasteiger partial charge in [0, 0.05) is 52.1 Å². The molecule has 0 radical (unpaired) electrons. The smallest absolute Gasteiger partial charge is 0.166 e. The van der Waals surface area contributed by atoms with Crippen LogP contribution in [0.4, 0.5) is 15.8 Å². The van der Waals surface area contributed by atoms with E-state index in [1.54, 1.807) is 6.07 Å². The Balaban J connectivity index is 1.50. The molecule has 2 fully saturated rings. The molecule has 2 heterocycles. The predicted molar refractivity (Wildman–Crippen MR) is 114 cm³/mol. The normalized spacial score (nSPS) is 29.4. The first-order chi connectivity index (χ1) is 13.9. The predicted octanol–water partition coefficient (Wildman–Crippen LogP) is 2.83. The van der Waals surface area contributed by atoms with Gasteiger partial charge in [0.2, 0.25) is 0 Å². The first-order valence-corrected chi connectivity index (χ1v) is 9.93. The molecule has 1 saturated heterocycles. The molecular formula is C22H21ClFN5. The summed E-state index contributed by atoms with van der Waals surface area (Å²) < 4.78 is 14.5. The number of likely N-dealkylation sites (tertiary alicyclic amines) is 1. The van der Waals surface area contributed by atoms with Gasteiger partial charge in [-0.2, -0.15) is 0 Å². The van der Waals surface area contributed by atoms with E-state index < -0.39 is 11.5 Å². The average Bonchev–Trinajstić information content (AvgIpc) is 3.15. The number of halogens is 2. The van der Waals surface area contributed by atoms with Crippen LogP contribution in [-0.4, -0.2) is 31.4 Å². The number of fused-ring (bicyclic) bond motifs is 2. The Bertz CT molecular complexity index is 1090. The first kappa shape index (κ1) is 18.4. The van der Waals surface area contributed by atoms with Gasteiger partial charge in [-0.1, -0.05) is 23.4 Å². The molecule has 5 nitrogen and oxygen atoms in total. The molecule has 4 atom stereocenters. The SMILES string of the molecule is CN1C[C@@H]2C(C#Cc3cc4c(cc3N)C(N)(c3cc(Cl)ccc3F)N=CN4)[C@@H]2C1. The number of anilines is 2. The van der Waals surface area contributed by atoms with Crippen molar-refractivity contribution in [3.8, 4) is 11.8 Å². The highest BCUT2D eigenvalue weighted by molar-refractivity contribution is 6.30. The van der Waals surface area contributed by atoms with E-state index in [2.05, 4.69) is 34.1 Å². The van der Waals surface area contributed by atoms with Crippen LogP contribution in [0.3, 0.4) is 0 Å². The number of hydrogen-bond donors (Lipinski definition) is 3. The first-order valence-electron chi connectivity index (χ1n) is 9.55. The molecule has 5 rings (SSSR count). The van der Waals surface area contributed by atoms with Gasteiger partial charge in [0.25, 0.3) is 0 Å². The second kappa shape index (κ2) is 6.46. The van der Waals surface area contributed by atoms with Gasteiger partial charge in [-0.25, -0.2) is 9.38 Å². The number of nitrogens with zero attached hydrogens (tertiary/aromatic N) is 2. The largest absolute Gasteiger partial charge is 0.398 e. The van der Waals surface area contributed by atoms with Crippen LogP contribution in [0.5, 0.6) is 0 Å². The molecule has 29 heavy (non-hydrogen) atoms. The van der Waals surface area contributed by atoms with Crippen molar-refractivity contribution >= 4 is 29.3 Å². The van der Waals surface area contributed by atoms with Crippen LogP contribution in [0.2, 0.25) is 5.02 Å². The van der Waals surface area contributed by atoms with Crippen molar-refractivity contribution in [2.24, 2.45) is 28.5 Å². The summed E-state index contributed by atoms with van der Waals surface area (Å²) in [6.07, 6.45) is 1.47. The zero-order chi connectivity index (χ0) is 20.3. The zero-order valence-electron chi connectivity index (χ0n) is 15.9. The number of piperidine rings is 1. The second-order valence-corrected chi connectivity index (χ2v) is 8.56. The molecule has 2 unspecified atom stereocenters. The molecule has 2 aromatic carbocycles. The van der Waals surface area contributed by atoms with Gasteiger partial charge in [-0.15, -0.1) is 0 Å². The maximum absolute atomic E-state index is 14.5. The Labute approximate surface area is 173 Å². The minimum Gasteiger partial charge on any atom is -0.398 e. The van der Waals surface area contributed by atoms with Gasteiger partial charge in [0.15, 0.2) is 5.66 Å². The summed E-state index contributed by atoms with van der Waals surface area (Å²) in [6.45, 7) is 2.23. The maximum atomic E-state index is 14.5. The van der Waals surface area contributed by atoms with E-state index in [9.17, 15) is 4.39 Å². The third kappa shape index (κ3) is 2.98. The van der Waals surface area contributed by atoms with Gasteiger partial charge in [0.1, 0.15) is 5.82 Å². The van der Waals surface area contributed by atoms with E-state index in [4.69, 9.17) is 23.1 Å². The molecule has 1 saturated carbocycles. The molecule has 0 bridgehead atoms. The van der Waals surface area contributed by atoms with E-state index >= 15 is 0 Å². The fraction of sp³-hybridized carbons (Fsp3) is 0.318. The van der Waals surface area contributed by atoms with Crippen molar-refractivity contribution in [3.63, 3.8) is 0 Å². The van der Waals surface area contributed by atoms with E-state index in [-0.39, 0.29) is 5.56 Å². The van der Waals surface area contributed by atoms with Crippen molar-refractivity contribution in [2.75, 3.05) is 31.2 Å². The standard InChI is InChI=1S/C22H21ClFN5/c1-29-9-15-14(16(15)10-29)4-2-12-6-21-18(8-20(12)25)22(26,28-11-27-21)17-7-13(23)3-5-19(17)24/h3,5-8,11,14-16H,9-10,25-26H2,1H3,(H,27,28)/t14?,15-,16+,22?. The molecular weight excluding hydrogens is 389 g/mol. The Hall–Kier alpha value is -2.59. The highest BCUT2D eigenvalue weighted by Gasteiger charge is 2.54. The Morgan fingerprint density at radius 3 is 2.76 bits per heavy atom. The van der Waals surface area contributed by atoms with Crippen LogP contribution in [0.1, 0.15) is 16.7 Å². The van der Waals surface area contributed by atoms with Crippen LogP contribution in [0.15, 0.2) is 35.3 Å². The number of hydrogen-bond acceptors (Lipinski definition) is 5. The van der Waals surface area contributed by atoms with Crippen LogP contribution < -0.4 is 16.8 Å². The summed E-state index contributed by atoms with van der Waals surface area (Å²) in [6, 6.07) is 7.85. The number of nitrogen functional groups attached to an aromatic ring is 1. The highest BCUT2D eigenvalue weighted by atomic mass is 35.5. The van der Waals surface area contributed by atoms with Crippen molar-refractivity contribution < 1.29 is 4.39 Å². The van der Waals surface area contributed by atoms with Gasteiger partial charge < -0.3 is 16.0 Å². The Kier molecular flexibility index (Phi) is 4.11. The lowest BCUT2D eigenvalue weighted by molar-refractivity contribution is 0.360. The fourth-order valence-electron chi connectivity index (χ4n) is 4.55. The third-order valence-corrected chi connectivity index (χ3v) is 6.41. The molecule has 0 spiro atoms. The summed E-state index contributed by atoms with van der Waals surface area (Å²) in [7, 11) is 2.15. The average molecular weight is 410 g/mol. The molecule has 0 amide bonds. The van der Waals surface area contributed by atoms with Crippen LogP contribution >= 0.6 is 11.6 Å². The summed E-state index contributed by atoms with van der Waals surface area (Å²) in [5.74, 6) is 7.96. The summed E-state index contributed by atoms with van der Waals surface area (Å²) in [5.41, 5.74) is 14.1. The van der Waals surface area contributed by atoms with Crippen LogP contribution in [0, 0.1) is 35.4 Å². The minimum atomic E-state index is -1.42. The lowest BCUT2D eigenvalue weighted by atomic mass is 9.88. The molecule has 7 heteroatoms. The monoisotopic (exact) mass is 409 g/mol. The Morgan fingerprint density at radius 2 is 2.00 bits per heavy atom. The molecule has 3 aliphatic rings. The third-order valence-electron chi connectivity index (χ3n) is 6.18. The number of benzene rings is 2. The Morgan fingerprint density at radius 1 is 1.24 bits per heavy atom. The highest BCUT2D eigenvalue weighted by Crippen LogP contribution is 2.50. The molecule has 5 N–H and O–H groups in total. The van der Waals surface area contributed by atoms with Gasteiger partial charge >= 0.3 is 0 Å². The fourth-order valence-corrected chi connectivity index (χ4v) is 4.72. The quantitative estimate of drug-likeness (QED) is 0.500. The van der Waals surface area contributed by atoms with Crippen molar-refractivity contribution in [3.05, 3.63) is 57.9 Å². The van der Waals surface area contributed by atoms with Crippen LogP contribution in [0.25, 0.3) is 0 Å². The van der Waals surface area contributed by atoms with Gasteiger partial charge in [-0.3, -0.25) is 5.73 Å². The van der Waals surface area contributed by atoms with E-state index in [1.165, 1.54) is 24.5 Å². The number of nitrogens with one attached hydrogen (secondary N) is 1. The van der Waals surface area contributed by atoms with E-state index in [1.807, 2.05) is 6.07 Å². The van der Waals surface area contributed by atoms with Crippen molar-refractivity contribution in [1.29, 1.82) is 0 Å². The molecule has 148 valence electrons. The number of nitrogens with two attached hydrogens (primary N) is 2. The van der Waals surface area contributed by atoms with E-state index in [0.717, 1.165) is 18.7 Å². The maximum Gasteiger partial charge on any atom is 0.166 e. The van der Waals surface area contributed by atoms with Gasteiger partial charge in [-0.05, 0) is 49.2 Å². The van der Waals surface area contributed by atoms with Crippen LogP contribution in [-0.2, 0) is 5.66 Å². The van der Waals surface area contributed by atoms with Gasteiger partial charge in [0.05, 0.1) is 6.34 Å². The summed E-state index contributed by atoms with van der Waals surface area (Å²) in [4.78, 5) is 6.67. The summed E-state index contributed by atoms with van der Waals surface area (Å²) >= 11 is 6.07. The topological polar surface area (TPSA) is 79.7 Å². The summed E-state index contributed by atoms with van der Waals surface area (Å²) in [5, 5.41) is 3.47. The lowest BCUT2D eigenvalue weighted by Gasteiger charge is -2.32. The molecule has 2 aliphatic heterocycles. The lowest BCUT2D eigenvalue weighted by Crippen LogP contribution is -2.40. The van der Waals surface area contributed by atoms with Crippen molar-refractivity contribution in [2.45, 2.75) is 5.66 Å². The number of rotatable bonds is 1. The van der Waals surface area contributed by atoms with Crippen molar-refractivity contribution in [1.82, 2.24) is 4.90 Å². The minimum absolute atomic E-state index is 0.192.